The predicted octanol–water partition coefficient (Wildman–Crippen LogP) is 2.74. The molecule has 0 bridgehead atoms. The zero-order valence-corrected chi connectivity index (χ0v) is 16.3. The topological polar surface area (TPSA) is 115 Å². The van der Waals surface area contributed by atoms with Gasteiger partial charge in [0.15, 0.2) is 0 Å². The largest absolute Gasteiger partial charge is 0.466 e. The number of carbonyl (C=O) groups excluding carboxylic acids is 3. The van der Waals surface area contributed by atoms with Gasteiger partial charge in [0.25, 0.3) is 0 Å². The molecule has 0 saturated carbocycles. The Kier molecular flexibility index (Phi) is 11.8. The zero-order chi connectivity index (χ0) is 20.0. The maximum atomic E-state index is 11.8. The van der Waals surface area contributed by atoms with Crippen molar-refractivity contribution in [3.05, 3.63) is 0 Å². The maximum Gasteiger partial charge on any atom is 0.414 e. The van der Waals surface area contributed by atoms with Crippen molar-refractivity contribution in [2.75, 3.05) is 19.8 Å². The SMILES string of the molecule is CCOC(=O)CCCCCN=C(NC(=O)OCC)NC(=O)OC(C)(C)C. The van der Waals surface area contributed by atoms with Gasteiger partial charge in [-0.05, 0) is 47.5 Å². The standard InChI is InChI=1S/C17H31N3O6/c1-6-24-13(21)11-9-8-10-12-18-14(19-15(22)25-7-2)20-16(23)26-17(3,4)5/h6-12H2,1-5H3,(H2,18,19,20,22,23). The smallest absolute Gasteiger partial charge is 0.414 e. The molecule has 0 saturated heterocycles. The number of hydrogen-bond acceptors (Lipinski definition) is 7. The average Bonchev–Trinajstić information content (AvgIpc) is 2.49. The first-order chi connectivity index (χ1) is 12.2. The van der Waals surface area contributed by atoms with E-state index in [-0.39, 0.29) is 18.5 Å². The van der Waals surface area contributed by atoms with Gasteiger partial charge in [-0.25, -0.2) is 9.59 Å². The molecule has 9 nitrogen and oxygen atoms in total. The molecule has 2 amide bonds. The minimum absolute atomic E-state index is 0.0388. The lowest BCUT2D eigenvalue weighted by atomic mass is 10.2. The average molecular weight is 373 g/mol. The van der Waals surface area contributed by atoms with Crippen LogP contribution in [0.25, 0.3) is 0 Å². The molecular formula is C17H31N3O6. The molecule has 0 aliphatic heterocycles. The van der Waals surface area contributed by atoms with E-state index in [1.54, 1.807) is 34.6 Å². The van der Waals surface area contributed by atoms with Gasteiger partial charge in [-0.15, -0.1) is 0 Å². The molecule has 0 fully saturated rings. The monoisotopic (exact) mass is 373 g/mol. The van der Waals surface area contributed by atoms with Crippen molar-refractivity contribution in [1.29, 1.82) is 0 Å². The van der Waals surface area contributed by atoms with Crippen LogP contribution >= 0.6 is 0 Å². The highest BCUT2D eigenvalue weighted by atomic mass is 16.6. The summed E-state index contributed by atoms with van der Waals surface area (Å²) in [6.45, 7) is 9.55. The van der Waals surface area contributed by atoms with Crippen LogP contribution in [-0.4, -0.2) is 49.5 Å². The molecule has 0 aromatic rings. The molecular weight excluding hydrogens is 342 g/mol. The number of esters is 1. The molecule has 2 N–H and O–H groups in total. The van der Waals surface area contributed by atoms with E-state index in [9.17, 15) is 14.4 Å². The van der Waals surface area contributed by atoms with E-state index in [1.165, 1.54) is 0 Å². The second-order valence-corrected chi connectivity index (χ2v) is 6.32. The molecule has 0 aliphatic rings. The first-order valence-electron chi connectivity index (χ1n) is 8.81. The quantitative estimate of drug-likeness (QED) is 0.222. The molecule has 0 aliphatic carbocycles. The van der Waals surface area contributed by atoms with Crippen LogP contribution in [0.5, 0.6) is 0 Å². The number of aliphatic imine (C=N–C) groups is 1. The van der Waals surface area contributed by atoms with E-state index in [2.05, 4.69) is 15.6 Å². The number of hydrogen-bond donors (Lipinski definition) is 2. The van der Waals surface area contributed by atoms with Crippen LogP contribution in [0.1, 0.15) is 60.3 Å². The van der Waals surface area contributed by atoms with Gasteiger partial charge in [0.2, 0.25) is 5.96 Å². The number of guanidine groups is 1. The minimum atomic E-state index is -0.727. The first kappa shape index (κ1) is 23.7. The maximum absolute atomic E-state index is 11.8. The fraction of sp³-hybridized carbons (Fsp3) is 0.765. The van der Waals surface area contributed by atoms with Gasteiger partial charge in [-0.1, -0.05) is 6.42 Å². The van der Waals surface area contributed by atoms with E-state index in [0.29, 0.717) is 32.4 Å². The lowest BCUT2D eigenvalue weighted by Crippen LogP contribution is -2.46. The third kappa shape index (κ3) is 14.1. The Labute approximate surface area is 154 Å². The number of unbranched alkanes of at least 4 members (excludes halogenated alkanes) is 2. The number of nitrogens with one attached hydrogen (secondary N) is 2. The molecule has 0 rings (SSSR count). The Morgan fingerprint density at radius 1 is 0.885 bits per heavy atom. The zero-order valence-electron chi connectivity index (χ0n) is 16.3. The number of nitrogens with zero attached hydrogens (tertiary/aromatic N) is 1. The fourth-order valence-electron chi connectivity index (χ4n) is 1.76. The summed E-state index contributed by atoms with van der Waals surface area (Å²) < 4.78 is 14.8. The van der Waals surface area contributed by atoms with Crippen molar-refractivity contribution in [2.24, 2.45) is 4.99 Å². The summed E-state index contributed by atoms with van der Waals surface area (Å²) in [5.41, 5.74) is -0.674. The Morgan fingerprint density at radius 3 is 2.08 bits per heavy atom. The van der Waals surface area contributed by atoms with E-state index < -0.39 is 17.8 Å². The summed E-state index contributed by atoms with van der Waals surface area (Å²) in [5.74, 6) is -0.254. The number of alkyl carbamates (subject to hydrolysis) is 2. The summed E-state index contributed by atoms with van der Waals surface area (Å²) >= 11 is 0. The Hall–Kier alpha value is -2.32. The fourth-order valence-corrected chi connectivity index (χ4v) is 1.76. The lowest BCUT2D eigenvalue weighted by molar-refractivity contribution is -0.143. The second kappa shape index (κ2) is 13.0. The molecule has 0 atom stereocenters. The Morgan fingerprint density at radius 2 is 1.50 bits per heavy atom. The summed E-state index contributed by atoms with van der Waals surface area (Å²) in [6, 6.07) is 0. The van der Waals surface area contributed by atoms with Crippen molar-refractivity contribution < 1.29 is 28.6 Å². The van der Waals surface area contributed by atoms with Crippen LogP contribution < -0.4 is 10.6 Å². The van der Waals surface area contributed by atoms with Crippen LogP contribution in [0.2, 0.25) is 0 Å². The third-order valence-corrected chi connectivity index (χ3v) is 2.73. The van der Waals surface area contributed by atoms with E-state index in [4.69, 9.17) is 14.2 Å². The van der Waals surface area contributed by atoms with Gasteiger partial charge >= 0.3 is 18.2 Å². The van der Waals surface area contributed by atoms with Crippen LogP contribution in [0, 0.1) is 0 Å². The first-order valence-corrected chi connectivity index (χ1v) is 8.81. The van der Waals surface area contributed by atoms with Crippen molar-refractivity contribution >= 4 is 24.1 Å². The van der Waals surface area contributed by atoms with Crippen LogP contribution in [0.3, 0.4) is 0 Å². The van der Waals surface area contributed by atoms with Gasteiger partial charge in [-0.2, -0.15) is 0 Å². The van der Waals surface area contributed by atoms with Gasteiger partial charge in [0.05, 0.1) is 13.2 Å². The van der Waals surface area contributed by atoms with Crippen LogP contribution in [-0.2, 0) is 19.0 Å². The summed E-state index contributed by atoms with van der Waals surface area (Å²) in [5, 5.41) is 4.75. The number of rotatable bonds is 8. The molecule has 0 spiro atoms. The summed E-state index contributed by atoms with van der Waals surface area (Å²) in [7, 11) is 0. The third-order valence-electron chi connectivity index (χ3n) is 2.73. The molecule has 150 valence electrons. The summed E-state index contributed by atoms with van der Waals surface area (Å²) in [4.78, 5) is 38.7. The Balaban J connectivity index is 4.45. The van der Waals surface area contributed by atoms with E-state index in [0.717, 1.165) is 6.42 Å². The normalized spacial score (nSPS) is 11.5. The van der Waals surface area contributed by atoms with Gasteiger partial charge in [0, 0.05) is 13.0 Å². The molecule has 0 heterocycles. The highest BCUT2D eigenvalue weighted by Crippen LogP contribution is 2.06. The molecule has 0 radical (unpaired) electrons. The Bertz CT molecular complexity index is 485. The van der Waals surface area contributed by atoms with Gasteiger partial charge in [0.1, 0.15) is 5.60 Å². The minimum Gasteiger partial charge on any atom is -0.466 e. The molecule has 26 heavy (non-hydrogen) atoms. The van der Waals surface area contributed by atoms with E-state index in [1.807, 2.05) is 0 Å². The van der Waals surface area contributed by atoms with Crippen molar-refractivity contribution in [1.82, 2.24) is 10.6 Å². The van der Waals surface area contributed by atoms with Gasteiger partial charge in [-0.3, -0.25) is 20.4 Å². The number of ether oxygens (including phenoxy) is 3. The van der Waals surface area contributed by atoms with Crippen molar-refractivity contribution in [2.45, 2.75) is 65.9 Å². The highest BCUT2D eigenvalue weighted by Gasteiger charge is 2.18. The van der Waals surface area contributed by atoms with Crippen molar-refractivity contribution in [3.8, 4) is 0 Å². The van der Waals surface area contributed by atoms with Crippen molar-refractivity contribution in [3.63, 3.8) is 0 Å². The number of amides is 2. The van der Waals surface area contributed by atoms with Crippen LogP contribution in [0.4, 0.5) is 9.59 Å². The van der Waals surface area contributed by atoms with E-state index >= 15 is 0 Å². The van der Waals surface area contributed by atoms with Gasteiger partial charge < -0.3 is 14.2 Å². The van der Waals surface area contributed by atoms with Crippen LogP contribution in [0.15, 0.2) is 4.99 Å². The number of carbonyl (C=O) groups is 3. The predicted molar refractivity (Wildman–Crippen MR) is 96.9 cm³/mol. The molecule has 9 heteroatoms. The highest BCUT2D eigenvalue weighted by molar-refractivity contribution is 6.01. The molecule has 0 unspecified atom stereocenters. The summed E-state index contributed by atoms with van der Waals surface area (Å²) in [6.07, 6.45) is 1.06. The molecule has 0 aromatic carbocycles. The second-order valence-electron chi connectivity index (χ2n) is 6.32. The lowest BCUT2D eigenvalue weighted by Gasteiger charge is -2.20. The molecule has 0 aromatic heterocycles.